The van der Waals surface area contributed by atoms with E-state index in [0.29, 0.717) is 0 Å². The first-order chi connectivity index (χ1) is 9.93. The Hall–Kier alpha value is -1.28. The van der Waals surface area contributed by atoms with Crippen LogP contribution in [-0.2, 0) is 0 Å². The van der Waals surface area contributed by atoms with Gasteiger partial charge in [0.15, 0.2) is 0 Å². The van der Waals surface area contributed by atoms with Crippen molar-refractivity contribution in [2.45, 2.75) is 12.8 Å². The summed E-state index contributed by atoms with van der Waals surface area (Å²) in [6, 6.07) is 11.2. The lowest BCUT2D eigenvalue weighted by Gasteiger charge is -2.34. The van der Waals surface area contributed by atoms with E-state index in [-0.39, 0.29) is 0 Å². The molecule has 0 aromatic heterocycles. The molecule has 2 unspecified atom stereocenters. The number of hydrogen-bond acceptors (Lipinski definition) is 2. The molecule has 2 heteroatoms. The molecule has 1 saturated heterocycles. The highest BCUT2D eigenvalue weighted by Gasteiger charge is 2.66. The Morgan fingerprint density at radius 2 is 1.70 bits per heavy atom. The van der Waals surface area contributed by atoms with Gasteiger partial charge in [-0.05, 0) is 47.6 Å². The molecule has 1 heterocycles. The van der Waals surface area contributed by atoms with Crippen molar-refractivity contribution in [1.29, 1.82) is 0 Å². The van der Waals surface area contributed by atoms with Gasteiger partial charge < -0.3 is 10.2 Å². The highest BCUT2D eigenvalue weighted by Crippen LogP contribution is 2.74. The van der Waals surface area contributed by atoms with Crippen LogP contribution in [-0.4, -0.2) is 31.1 Å². The molecule has 1 N–H and O–H groups in total. The Labute approximate surface area is 120 Å². The molecule has 6 rings (SSSR count). The van der Waals surface area contributed by atoms with Crippen molar-refractivity contribution in [3.8, 4) is 0 Å². The third kappa shape index (κ3) is 1.49. The van der Waals surface area contributed by atoms with Crippen molar-refractivity contribution < 1.29 is 0 Å². The summed E-state index contributed by atoms with van der Waals surface area (Å²) in [4.78, 5) is 2.66. The first-order valence-corrected chi connectivity index (χ1v) is 8.18. The van der Waals surface area contributed by atoms with Gasteiger partial charge in [0.1, 0.15) is 0 Å². The van der Waals surface area contributed by atoms with Crippen molar-refractivity contribution in [2.75, 3.05) is 26.2 Å². The van der Waals surface area contributed by atoms with E-state index in [1.165, 1.54) is 31.5 Å². The quantitative estimate of drug-likeness (QED) is 0.885. The smallest absolute Gasteiger partial charge is 0.0438 e. The molecule has 20 heavy (non-hydrogen) atoms. The van der Waals surface area contributed by atoms with Crippen LogP contribution >= 0.6 is 0 Å². The van der Waals surface area contributed by atoms with Crippen LogP contribution in [0.25, 0.3) is 5.70 Å². The molecule has 1 aromatic rings. The van der Waals surface area contributed by atoms with Crippen LogP contribution in [0.1, 0.15) is 18.4 Å². The van der Waals surface area contributed by atoms with Crippen LogP contribution in [0.3, 0.4) is 0 Å². The van der Waals surface area contributed by atoms with Gasteiger partial charge in [0.05, 0.1) is 0 Å². The van der Waals surface area contributed by atoms with Crippen LogP contribution in [0.4, 0.5) is 0 Å². The fraction of sp³-hybridized carbons (Fsp3) is 0.556. The summed E-state index contributed by atoms with van der Waals surface area (Å²) in [5.74, 6) is 4.01. The minimum Gasteiger partial charge on any atom is -0.369 e. The molecular formula is C18H22N2. The van der Waals surface area contributed by atoms with Gasteiger partial charge >= 0.3 is 0 Å². The molecular weight excluding hydrogens is 244 g/mol. The molecule has 0 radical (unpaired) electrons. The van der Waals surface area contributed by atoms with E-state index in [9.17, 15) is 0 Å². The standard InChI is InChI=1S/C18H22N2/c1-2-4-12(5-3-1)18(20-8-6-19-7-9-20)16-13-10-14-15(11-13)17(14)16/h1-5,13-15,17,19H,6-11H2/b18-16+. The van der Waals surface area contributed by atoms with Crippen molar-refractivity contribution in [3.05, 3.63) is 41.5 Å². The maximum absolute atomic E-state index is 3.49. The molecule has 4 saturated carbocycles. The summed E-state index contributed by atoms with van der Waals surface area (Å²) in [6.07, 6.45) is 2.99. The third-order valence-electron chi connectivity index (χ3n) is 6.00. The van der Waals surface area contributed by atoms with E-state index in [4.69, 9.17) is 0 Å². The zero-order valence-electron chi connectivity index (χ0n) is 11.9. The monoisotopic (exact) mass is 266 g/mol. The summed E-state index contributed by atoms with van der Waals surface area (Å²) in [5, 5.41) is 3.49. The molecule has 2 nitrogen and oxygen atoms in total. The second-order valence-corrected chi connectivity index (χ2v) is 6.93. The zero-order chi connectivity index (χ0) is 13.1. The first-order valence-electron chi connectivity index (χ1n) is 8.18. The van der Waals surface area contributed by atoms with Crippen LogP contribution in [0.2, 0.25) is 0 Å². The Bertz CT molecular complexity index is 540. The number of allylic oxidation sites excluding steroid dienone is 1. The summed E-state index contributed by atoms with van der Waals surface area (Å²) in [5.41, 5.74) is 4.92. The molecule has 0 spiro atoms. The molecule has 2 atom stereocenters. The summed E-state index contributed by atoms with van der Waals surface area (Å²) >= 11 is 0. The Morgan fingerprint density at radius 1 is 1.00 bits per heavy atom. The summed E-state index contributed by atoms with van der Waals surface area (Å²) < 4.78 is 0. The van der Waals surface area contributed by atoms with Gasteiger partial charge in [0.25, 0.3) is 0 Å². The fourth-order valence-corrected chi connectivity index (χ4v) is 5.20. The molecule has 1 aromatic carbocycles. The largest absolute Gasteiger partial charge is 0.369 e. The predicted octanol–water partition coefficient (Wildman–Crippen LogP) is 2.59. The van der Waals surface area contributed by atoms with Crippen molar-refractivity contribution in [1.82, 2.24) is 10.2 Å². The number of nitrogens with one attached hydrogen (secondary N) is 1. The lowest BCUT2D eigenvalue weighted by Crippen LogP contribution is -2.42. The van der Waals surface area contributed by atoms with E-state index in [0.717, 1.165) is 36.8 Å². The highest BCUT2D eigenvalue weighted by atomic mass is 15.2. The summed E-state index contributed by atoms with van der Waals surface area (Å²) in [7, 11) is 0. The number of rotatable bonds is 2. The van der Waals surface area contributed by atoms with Crippen LogP contribution < -0.4 is 5.32 Å². The fourth-order valence-electron chi connectivity index (χ4n) is 5.20. The van der Waals surface area contributed by atoms with Gasteiger partial charge in [-0.25, -0.2) is 0 Å². The van der Waals surface area contributed by atoms with Crippen molar-refractivity contribution in [3.63, 3.8) is 0 Å². The third-order valence-corrected chi connectivity index (χ3v) is 6.00. The maximum Gasteiger partial charge on any atom is 0.0438 e. The van der Waals surface area contributed by atoms with Crippen molar-refractivity contribution >= 4 is 5.70 Å². The second-order valence-electron chi connectivity index (χ2n) is 6.93. The zero-order valence-corrected chi connectivity index (χ0v) is 11.9. The predicted molar refractivity (Wildman–Crippen MR) is 81.0 cm³/mol. The lowest BCUT2D eigenvalue weighted by molar-refractivity contribution is 0.337. The molecule has 0 amide bonds. The van der Waals surface area contributed by atoms with Gasteiger partial charge in [-0.3, -0.25) is 0 Å². The molecule has 4 aliphatic carbocycles. The number of hydrogen-bond donors (Lipinski definition) is 1. The topological polar surface area (TPSA) is 15.3 Å². The Kier molecular flexibility index (Phi) is 2.34. The number of piperazine rings is 1. The van der Waals surface area contributed by atoms with Crippen LogP contribution in [0, 0.1) is 23.7 Å². The minimum absolute atomic E-state index is 0.917. The SMILES string of the molecule is c1ccc(/C(=C2/C3CC4C(C3)C24)N2CCNCC2)cc1. The Morgan fingerprint density at radius 3 is 2.30 bits per heavy atom. The van der Waals surface area contributed by atoms with Gasteiger partial charge in [0, 0.05) is 31.9 Å². The lowest BCUT2D eigenvalue weighted by atomic mass is 9.97. The average Bonchev–Trinajstić information content (AvgIpc) is 2.89. The van der Waals surface area contributed by atoms with Gasteiger partial charge in [0.2, 0.25) is 0 Å². The van der Waals surface area contributed by atoms with Gasteiger partial charge in [-0.1, -0.05) is 30.3 Å². The van der Waals surface area contributed by atoms with E-state index in [1.807, 2.05) is 5.57 Å². The second kappa shape index (κ2) is 4.11. The Balaban J connectivity index is 1.62. The van der Waals surface area contributed by atoms with E-state index in [1.54, 1.807) is 5.70 Å². The molecule has 4 bridgehead atoms. The van der Waals surface area contributed by atoms with E-state index < -0.39 is 0 Å². The molecule has 5 fully saturated rings. The van der Waals surface area contributed by atoms with Gasteiger partial charge in [-0.15, -0.1) is 0 Å². The first kappa shape index (κ1) is 11.4. The number of benzene rings is 1. The normalized spacial score (nSPS) is 40.1. The average molecular weight is 266 g/mol. The van der Waals surface area contributed by atoms with Crippen molar-refractivity contribution in [2.24, 2.45) is 23.7 Å². The van der Waals surface area contributed by atoms with E-state index >= 15 is 0 Å². The highest BCUT2D eigenvalue weighted by molar-refractivity contribution is 5.71. The molecule has 104 valence electrons. The minimum atomic E-state index is 0.917. The van der Waals surface area contributed by atoms with Gasteiger partial charge in [-0.2, -0.15) is 0 Å². The summed E-state index contributed by atoms with van der Waals surface area (Å²) in [6.45, 7) is 4.60. The van der Waals surface area contributed by atoms with Crippen LogP contribution in [0.15, 0.2) is 35.9 Å². The maximum atomic E-state index is 3.49. The van der Waals surface area contributed by atoms with E-state index in [2.05, 4.69) is 40.5 Å². The molecule has 5 aliphatic rings. The van der Waals surface area contributed by atoms with Crippen LogP contribution in [0.5, 0.6) is 0 Å². The molecule has 1 aliphatic heterocycles. The number of nitrogens with zero attached hydrogens (tertiary/aromatic N) is 1.